The minimum Gasteiger partial charge on any atom is -0.379 e. The fourth-order valence-electron chi connectivity index (χ4n) is 3.30. The van der Waals surface area contributed by atoms with Crippen molar-refractivity contribution >= 4 is 45.0 Å². The number of benzene rings is 1. The Balaban J connectivity index is 0.00000240. The average molecular weight is 440 g/mol. The molecule has 1 fully saturated rings. The molecule has 0 saturated carbocycles. The molecule has 0 bridgehead atoms. The van der Waals surface area contributed by atoms with E-state index in [2.05, 4.69) is 15.0 Å². The Morgan fingerprint density at radius 3 is 2.79 bits per heavy atom. The van der Waals surface area contributed by atoms with E-state index in [9.17, 15) is 9.18 Å². The molecule has 4 rings (SSSR count). The number of para-hydroxylation sites is 1. The number of aromatic nitrogens is 3. The van der Waals surface area contributed by atoms with Crippen LogP contribution in [0.15, 0.2) is 30.5 Å². The van der Waals surface area contributed by atoms with Crippen LogP contribution in [0.5, 0.6) is 0 Å². The number of ether oxygens (including phenoxy) is 1. The Kier molecular flexibility index (Phi) is 7.18. The molecule has 10 heteroatoms. The summed E-state index contributed by atoms with van der Waals surface area (Å²) in [6.45, 7) is 4.67. The van der Waals surface area contributed by atoms with Gasteiger partial charge in [0.15, 0.2) is 5.13 Å². The van der Waals surface area contributed by atoms with Gasteiger partial charge in [-0.25, -0.2) is 9.37 Å². The maximum Gasteiger partial charge on any atom is 0.278 e. The van der Waals surface area contributed by atoms with Gasteiger partial charge in [-0.1, -0.05) is 17.4 Å². The molecule has 0 atom stereocenters. The number of carbonyl (C=O) groups is 1. The smallest absolute Gasteiger partial charge is 0.278 e. The zero-order valence-electron chi connectivity index (χ0n) is 16.1. The topological polar surface area (TPSA) is 63.5 Å². The molecule has 0 aliphatic carbocycles. The van der Waals surface area contributed by atoms with Gasteiger partial charge in [-0.3, -0.25) is 19.3 Å². The highest BCUT2D eigenvalue weighted by Gasteiger charge is 2.24. The van der Waals surface area contributed by atoms with Crippen molar-refractivity contribution in [3.05, 3.63) is 42.0 Å². The predicted octanol–water partition coefficient (Wildman–Crippen LogP) is 2.96. The first-order chi connectivity index (χ1) is 13.6. The van der Waals surface area contributed by atoms with Crippen LogP contribution >= 0.6 is 23.7 Å². The van der Waals surface area contributed by atoms with E-state index in [1.54, 1.807) is 35.0 Å². The van der Waals surface area contributed by atoms with E-state index in [1.807, 2.05) is 6.07 Å². The van der Waals surface area contributed by atoms with Gasteiger partial charge >= 0.3 is 0 Å². The summed E-state index contributed by atoms with van der Waals surface area (Å²) < 4.78 is 21.8. The number of aryl methyl sites for hydroxylation is 1. The van der Waals surface area contributed by atoms with E-state index in [0.29, 0.717) is 22.9 Å². The van der Waals surface area contributed by atoms with Gasteiger partial charge in [0.05, 0.1) is 17.9 Å². The number of nitrogens with zero attached hydrogens (tertiary/aromatic N) is 5. The summed E-state index contributed by atoms with van der Waals surface area (Å²) in [5.41, 5.74) is 0.782. The summed E-state index contributed by atoms with van der Waals surface area (Å²) in [7, 11) is 1.73. The first kappa shape index (κ1) is 21.6. The van der Waals surface area contributed by atoms with E-state index >= 15 is 0 Å². The van der Waals surface area contributed by atoms with E-state index in [-0.39, 0.29) is 24.1 Å². The van der Waals surface area contributed by atoms with Crippen LogP contribution in [0.25, 0.3) is 10.2 Å². The quantitative estimate of drug-likeness (QED) is 0.591. The Labute approximate surface area is 178 Å². The fraction of sp³-hybridized carbons (Fsp3) is 0.421. The van der Waals surface area contributed by atoms with Gasteiger partial charge < -0.3 is 4.74 Å². The minimum atomic E-state index is -0.374. The van der Waals surface area contributed by atoms with Crippen molar-refractivity contribution in [1.82, 2.24) is 19.7 Å². The first-order valence-electron chi connectivity index (χ1n) is 9.28. The van der Waals surface area contributed by atoms with E-state index in [4.69, 9.17) is 4.74 Å². The molecule has 0 unspecified atom stereocenters. The molecule has 7 nitrogen and oxygen atoms in total. The molecule has 2 aromatic heterocycles. The van der Waals surface area contributed by atoms with Crippen LogP contribution in [0.3, 0.4) is 0 Å². The van der Waals surface area contributed by atoms with Crippen LogP contribution < -0.4 is 4.90 Å². The molecule has 1 aromatic carbocycles. The summed E-state index contributed by atoms with van der Waals surface area (Å²) in [5.74, 6) is -0.553. The van der Waals surface area contributed by atoms with Crippen molar-refractivity contribution in [1.29, 1.82) is 0 Å². The Bertz CT molecular complexity index is 973. The maximum absolute atomic E-state index is 14.1. The molecule has 156 valence electrons. The van der Waals surface area contributed by atoms with Gasteiger partial charge in [0.25, 0.3) is 5.91 Å². The molecule has 0 radical (unpaired) electrons. The van der Waals surface area contributed by atoms with Crippen molar-refractivity contribution < 1.29 is 13.9 Å². The third-order valence-electron chi connectivity index (χ3n) is 4.83. The van der Waals surface area contributed by atoms with Gasteiger partial charge in [0.2, 0.25) is 0 Å². The number of morpholine rings is 1. The molecule has 29 heavy (non-hydrogen) atoms. The van der Waals surface area contributed by atoms with Gasteiger partial charge in [-0.15, -0.1) is 12.4 Å². The van der Waals surface area contributed by atoms with E-state index in [1.165, 1.54) is 17.4 Å². The highest BCUT2D eigenvalue weighted by Crippen LogP contribution is 2.31. The van der Waals surface area contributed by atoms with Crippen LogP contribution in [-0.4, -0.2) is 65.0 Å². The molecule has 1 aliphatic heterocycles. The number of halogens is 2. The van der Waals surface area contributed by atoms with Crippen LogP contribution in [0.2, 0.25) is 0 Å². The number of anilines is 1. The SMILES string of the molecule is Cl.Cn1nccc1C(=O)N(CCCN1CCOCC1)c1nc2c(F)cccc2s1. The summed E-state index contributed by atoms with van der Waals surface area (Å²) in [5, 5.41) is 4.60. The van der Waals surface area contributed by atoms with Crippen molar-refractivity contribution in [3.8, 4) is 0 Å². The lowest BCUT2D eigenvalue weighted by Crippen LogP contribution is -2.39. The monoisotopic (exact) mass is 439 g/mol. The molecular weight excluding hydrogens is 417 g/mol. The normalized spacial score (nSPS) is 14.7. The van der Waals surface area contributed by atoms with Crippen molar-refractivity contribution in [3.63, 3.8) is 0 Å². The number of carbonyl (C=O) groups excluding carboxylic acids is 1. The largest absolute Gasteiger partial charge is 0.379 e. The lowest BCUT2D eigenvalue weighted by Gasteiger charge is -2.27. The third-order valence-corrected chi connectivity index (χ3v) is 5.88. The standard InChI is InChI=1S/C19H22FN5O2S.ClH/c1-23-15(6-7-21-23)18(26)25(9-3-8-24-10-12-27-13-11-24)19-22-17-14(20)4-2-5-16(17)28-19;/h2,4-7H,3,8-13H2,1H3;1H. The lowest BCUT2D eigenvalue weighted by molar-refractivity contribution is 0.0376. The maximum atomic E-state index is 14.1. The first-order valence-corrected chi connectivity index (χ1v) is 10.1. The predicted molar refractivity (Wildman–Crippen MR) is 114 cm³/mol. The van der Waals surface area contributed by atoms with Gasteiger partial charge in [0, 0.05) is 39.4 Å². The van der Waals surface area contributed by atoms with Gasteiger partial charge in [-0.2, -0.15) is 5.10 Å². The van der Waals surface area contributed by atoms with E-state index in [0.717, 1.165) is 44.0 Å². The Hall–Kier alpha value is -2.07. The van der Waals surface area contributed by atoms with Gasteiger partial charge in [0.1, 0.15) is 17.0 Å². The number of thiazole rings is 1. The minimum absolute atomic E-state index is 0. The molecule has 3 aromatic rings. The summed E-state index contributed by atoms with van der Waals surface area (Å²) in [6.07, 6.45) is 2.39. The van der Waals surface area contributed by atoms with Crippen LogP contribution in [-0.2, 0) is 11.8 Å². The fourth-order valence-corrected chi connectivity index (χ4v) is 4.31. The molecule has 0 spiro atoms. The lowest BCUT2D eigenvalue weighted by atomic mass is 10.3. The molecule has 1 aliphatic rings. The summed E-state index contributed by atoms with van der Waals surface area (Å²) >= 11 is 1.33. The Morgan fingerprint density at radius 1 is 1.31 bits per heavy atom. The van der Waals surface area contributed by atoms with Gasteiger partial charge in [-0.05, 0) is 24.6 Å². The van der Waals surface area contributed by atoms with E-state index < -0.39 is 0 Å². The second-order valence-corrected chi connectivity index (χ2v) is 7.70. The number of hydrogen-bond acceptors (Lipinski definition) is 6. The average Bonchev–Trinajstić information content (AvgIpc) is 3.32. The zero-order valence-corrected chi connectivity index (χ0v) is 17.7. The third kappa shape index (κ3) is 4.75. The van der Waals surface area contributed by atoms with Crippen molar-refractivity contribution in [2.24, 2.45) is 7.05 Å². The summed E-state index contributed by atoms with van der Waals surface area (Å²) in [4.78, 5) is 21.6. The number of fused-ring (bicyclic) bond motifs is 1. The number of hydrogen-bond donors (Lipinski definition) is 0. The highest BCUT2D eigenvalue weighted by molar-refractivity contribution is 7.22. The molecule has 3 heterocycles. The molecule has 1 saturated heterocycles. The molecular formula is C19H23ClFN5O2S. The van der Waals surface area contributed by atoms with Crippen LogP contribution in [0.4, 0.5) is 9.52 Å². The van der Waals surface area contributed by atoms with Crippen molar-refractivity contribution in [2.75, 3.05) is 44.3 Å². The molecule has 1 amide bonds. The van der Waals surface area contributed by atoms with Crippen molar-refractivity contribution in [2.45, 2.75) is 6.42 Å². The second-order valence-electron chi connectivity index (χ2n) is 6.69. The van der Waals surface area contributed by atoms with Crippen LogP contribution in [0, 0.1) is 5.82 Å². The molecule has 0 N–H and O–H groups in total. The number of rotatable bonds is 6. The Morgan fingerprint density at radius 2 is 2.10 bits per heavy atom. The number of amides is 1. The zero-order chi connectivity index (χ0) is 19.5. The highest BCUT2D eigenvalue weighted by atomic mass is 35.5. The van der Waals surface area contributed by atoms with Crippen LogP contribution in [0.1, 0.15) is 16.9 Å². The second kappa shape index (κ2) is 9.62. The summed E-state index contributed by atoms with van der Waals surface area (Å²) in [6, 6.07) is 6.55.